The van der Waals surface area contributed by atoms with Gasteiger partial charge < -0.3 is 14.9 Å². The van der Waals surface area contributed by atoms with E-state index in [1.54, 1.807) is 24.3 Å². The molecule has 0 saturated carbocycles. The molecule has 0 bridgehead atoms. The Hall–Kier alpha value is -1.81. The van der Waals surface area contributed by atoms with Crippen LogP contribution in [0.3, 0.4) is 0 Å². The molecule has 0 saturated heterocycles. The van der Waals surface area contributed by atoms with Gasteiger partial charge in [0.2, 0.25) is 0 Å². The molecule has 224 valence electrons. The predicted octanol–water partition coefficient (Wildman–Crippen LogP) is 9.66. The number of rotatable bonds is 16. The van der Waals surface area contributed by atoms with Gasteiger partial charge in [-0.3, -0.25) is 0 Å². The SMILES string of the molecule is CC1(c2ccc(O)cc2)COc2cc(O)ccc2C1SCCCCCCCCCSCCCC(F)(F)C(F)(F)F. The number of fused-ring (bicyclic) bond motifs is 1. The first-order valence-corrected chi connectivity index (χ1v) is 16.0. The summed E-state index contributed by atoms with van der Waals surface area (Å²) in [6, 6.07) is 12.6. The van der Waals surface area contributed by atoms with Crippen LogP contribution in [0.2, 0.25) is 0 Å². The van der Waals surface area contributed by atoms with E-state index in [9.17, 15) is 32.2 Å². The quantitative estimate of drug-likeness (QED) is 0.147. The van der Waals surface area contributed by atoms with E-state index in [1.165, 1.54) is 11.8 Å². The minimum absolute atomic E-state index is 0.134. The maximum atomic E-state index is 12.9. The van der Waals surface area contributed by atoms with Crippen molar-refractivity contribution in [3.8, 4) is 17.2 Å². The number of hydrogen-bond donors (Lipinski definition) is 2. The normalized spacial score (nSPS) is 19.3. The standard InChI is InChI=1S/C30H39F5O3S2/c1-28(22-10-12-23(36)13-11-22)21-38-26-20-24(37)14-15-25(26)27(28)40-19-8-6-4-2-3-5-7-17-39-18-9-16-29(31,32)30(33,34)35/h10-15,20,27,36-37H,2-9,16-19,21H2,1H3. The Kier molecular flexibility index (Phi) is 12.2. The zero-order valence-electron chi connectivity index (χ0n) is 22.8. The number of alkyl halides is 5. The molecule has 1 aliphatic rings. The van der Waals surface area contributed by atoms with E-state index in [-0.39, 0.29) is 28.6 Å². The summed E-state index contributed by atoms with van der Waals surface area (Å²) in [5.41, 5.74) is 1.87. The minimum atomic E-state index is -5.45. The van der Waals surface area contributed by atoms with Crippen molar-refractivity contribution >= 4 is 23.5 Å². The first kappa shape index (κ1) is 32.7. The third-order valence-electron chi connectivity index (χ3n) is 7.32. The summed E-state index contributed by atoms with van der Waals surface area (Å²) in [5, 5.41) is 19.8. The molecule has 1 aliphatic heterocycles. The van der Waals surface area contributed by atoms with Crippen LogP contribution in [-0.2, 0) is 5.41 Å². The summed E-state index contributed by atoms with van der Waals surface area (Å²) in [6.45, 7) is 2.66. The third kappa shape index (κ3) is 9.10. The maximum Gasteiger partial charge on any atom is 0.453 e. The van der Waals surface area contributed by atoms with Gasteiger partial charge in [-0.25, -0.2) is 0 Å². The number of phenols is 2. The topological polar surface area (TPSA) is 49.7 Å². The van der Waals surface area contributed by atoms with Crippen molar-refractivity contribution < 1.29 is 36.9 Å². The van der Waals surface area contributed by atoms with Gasteiger partial charge >= 0.3 is 12.1 Å². The van der Waals surface area contributed by atoms with Crippen molar-refractivity contribution in [2.45, 2.75) is 87.5 Å². The van der Waals surface area contributed by atoms with Gasteiger partial charge in [-0.2, -0.15) is 45.5 Å². The highest BCUT2D eigenvalue weighted by Crippen LogP contribution is 2.53. The lowest BCUT2D eigenvalue weighted by molar-refractivity contribution is -0.284. The van der Waals surface area contributed by atoms with Gasteiger partial charge in [0.25, 0.3) is 0 Å². The molecular weight excluding hydrogens is 567 g/mol. The summed E-state index contributed by atoms with van der Waals surface area (Å²) in [4.78, 5) is 0. The first-order valence-electron chi connectivity index (χ1n) is 13.8. The van der Waals surface area contributed by atoms with Crippen LogP contribution in [0.15, 0.2) is 42.5 Å². The van der Waals surface area contributed by atoms with Gasteiger partial charge in [-0.1, -0.05) is 57.2 Å². The zero-order valence-corrected chi connectivity index (χ0v) is 24.5. The molecule has 0 radical (unpaired) electrons. The van der Waals surface area contributed by atoms with Crippen LogP contribution in [0.25, 0.3) is 0 Å². The van der Waals surface area contributed by atoms with E-state index < -0.39 is 18.5 Å². The van der Waals surface area contributed by atoms with E-state index in [2.05, 4.69) is 6.92 Å². The summed E-state index contributed by atoms with van der Waals surface area (Å²) in [6.07, 6.45) is 0.818. The Morgan fingerprint density at radius 3 is 2.02 bits per heavy atom. The summed E-state index contributed by atoms with van der Waals surface area (Å²) in [5.74, 6) is -1.36. The van der Waals surface area contributed by atoms with Gasteiger partial charge in [0.1, 0.15) is 17.2 Å². The monoisotopic (exact) mass is 606 g/mol. The number of phenolic OH excluding ortho intramolecular Hbond substituents is 2. The van der Waals surface area contributed by atoms with Crippen LogP contribution in [0.4, 0.5) is 22.0 Å². The molecule has 0 aliphatic carbocycles. The molecule has 2 aromatic carbocycles. The fraction of sp³-hybridized carbons (Fsp3) is 0.600. The Balaban J connectivity index is 1.32. The van der Waals surface area contributed by atoms with Crippen LogP contribution in [0.5, 0.6) is 17.2 Å². The predicted molar refractivity (Wildman–Crippen MR) is 154 cm³/mol. The van der Waals surface area contributed by atoms with Crippen LogP contribution in [-0.4, -0.2) is 46.2 Å². The van der Waals surface area contributed by atoms with E-state index >= 15 is 0 Å². The molecule has 10 heteroatoms. The van der Waals surface area contributed by atoms with Gasteiger partial charge in [-0.05, 0) is 60.3 Å². The fourth-order valence-electron chi connectivity index (χ4n) is 4.89. The molecule has 2 N–H and O–H groups in total. The molecule has 2 atom stereocenters. The molecule has 2 aromatic rings. The summed E-state index contributed by atoms with van der Waals surface area (Å²) < 4.78 is 68.3. The van der Waals surface area contributed by atoms with Crippen LogP contribution >= 0.6 is 23.5 Å². The van der Waals surface area contributed by atoms with Crippen molar-refractivity contribution in [3.63, 3.8) is 0 Å². The highest BCUT2D eigenvalue weighted by Gasteiger charge is 2.56. The van der Waals surface area contributed by atoms with Crippen LogP contribution in [0, 0.1) is 0 Å². The number of benzene rings is 2. The second-order valence-corrected chi connectivity index (χ2v) is 13.1. The highest BCUT2D eigenvalue weighted by atomic mass is 32.2. The van der Waals surface area contributed by atoms with Crippen molar-refractivity contribution in [2.75, 3.05) is 23.9 Å². The Morgan fingerprint density at radius 1 is 0.800 bits per heavy atom. The lowest BCUT2D eigenvalue weighted by atomic mass is 9.76. The fourth-order valence-corrected chi connectivity index (χ4v) is 7.41. The van der Waals surface area contributed by atoms with Crippen LogP contribution in [0.1, 0.15) is 81.1 Å². The molecule has 0 fully saturated rings. The molecule has 3 rings (SSSR count). The number of thioether (sulfide) groups is 2. The molecule has 0 spiro atoms. The lowest BCUT2D eigenvalue weighted by Crippen LogP contribution is -2.39. The average Bonchev–Trinajstić information content (AvgIpc) is 2.89. The van der Waals surface area contributed by atoms with E-state index in [0.717, 1.165) is 67.6 Å². The number of unbranched alkanes of at least 4 members (excludes halogenated alkanes) is 6. The smallest absolute Gasteiger partial charge is 0.453 e. The molecular formula is C30H39F5O3S2. The molecule has 40 heavy (non-hydrogen) atoms. The van der Waals surface area contributed by atoms with E-state index in [1.807, 2.05) is 30.0 Å². The second-order valence-electron chi connectivity index (χ2n) is 10.6. The molecule has 0 aromatic heterocycles. The molecule has 2 unspecified atom stereocenters. The molecule has 0 amide bonds. The van der Waals surface area contributed by atoms with Gasteiger partial charge in [0.15, 0.2) is 0 Å². The van der Waals surface area contributed by atoms with Crippen molar-refractivity contribution in [1.82, 2.24) is 0 Å². The summed E-state index contributed by atoms with van der Waals surface area (Å²) in [7, 11) is 0. The minimum Gasteiger partial charge on any atom is -0.508 e. The second kappa shape index (κ2) is 14.9. The Labute approximate surface area is 242 Å². The van der Waals surface area contributed by atoms with E-state index in [0.29, 0.717) is 18.1 Å². The van der Waals surface area contributed by atoms with Crippen molar-refractivity contribution in [2.24, 2.45) is 0 Å². The van der Waals surface area contributed by atoms with Crippen molar-refractivity contribution in [3.05, 3.63) is 53.6 Å². The lowest BCUT2D eigenvalue weighted by Gasteiger charge is -2.42. The zero-order chi connectivity index (χ0) is 29.2. The van der Waals surface area contributed by atoms with Crippen molar-refractivity contribution in [1.29, 1.82) is 0 Å². The Morgan fingerprint density at radius 2 is 1.38 bits per heavy atom. The first-order chi connectivity index (χ1) is 18.9. The Bertz CT molecular complexity index is 1050. The molecule has 1 heterocycles. The maximum absolute atomic E-state index is 12.9. The van der Waals surface area contributed by atoms with Gasteiger partial charge in [0.05, 0.1) is 6.61 Å². The van der Waals surface area contributed by atoms with Crippen LogP contribution < -0.4 is 4.74 Å². The molecule has 3 nitrogen and oxygen atoms in total. The largest absolute Gasteiger partial charge is 0.508 e. The number of hydrogen-bond acceptors (Lipinski definition) is 5. The van der Waals surface area contributed by atoms with E-state index in [4.69, 9.17) is 4.74 Å². The van der Waals surface area contributed by atoms with Gasteiger partial charge in [-0.15, -0.1) is 0 Å². The highest BCUT2D eigenvalue weighted by molar-refractivity contribution is 7.99. The number of aromatic hydroxyl groups is 2. The third-order valence-corrected chi connectivity index (χ3v) is 10.1. The number of halogens is 5. The number of ether oxygens (including phenoxy) is 1. The average molecular weight is 607 g/mol. The summed E-state index contributed by atoms with van der Waals surface area (Å²) >= 11 is 3.35. The van der Waals surface area contributed by atoms with Gasteiger partial charge in [0, 0.05) is 28.7 Å².